The lowest BCUT2D eigenvalue weighted by atomic mass is 9.96. The predicted molar refractivity (Wildman–Crippen MR) is 33.4 cm³/mol. The summed E-state index contributed by atoms with van der Waals surface area (Å²) in [7, 11) is 0. The van der Waals surface area contributed by atoms with Crippen LogP contribution >= 0.6 is 0 Å². The van der Waals surface area contributed by atoms with E-state index in [0.29, 0.717) is 6.04 Å². The number of fused-ring (bicyclic) bond motifs is 2. The second kappa shape index (κ2) is 1.47. The molecule has 0 heterocycles. The summed E-state index contributed by atoms with van der Waals surface area (Å²) in [5.41, 5.74) is 5.82. The minimum atomic E-state index is 0.578. The maximum atomic E-state index is 5.82. The minimum Gasteiger partial charge on any atom is -0.327 e. The van der Waals surface area contributed by atoms with Gasteiger partial charge in [0.1, 0.15) is 0 Å². The lowest BCUT2D eigenvalue weighted by Gasteiger charge is -2.15. The molecule has 0 aromatic carbocycles. The van der Waals surface area contributed by atoms with Crippen molar-refractivity contribution in [3.63, 3.8) is 0 Å². The van der Waals surface area contributed by atoms with Crippen molar-refractivity contribution in [2.45, 2.75) is 31.7 Å². The summed E-state index contributed by atoms with van der Waals surface area (Å²) in [6, 6.07) is 0.578. The standard InChI is InChI=1S/C7H13N/c8-7-4-5-1-2-6(7)3-5/h5-7H,1-4,8H2/t5-,6-,7+/m1/s1. The Bertz CT molecular complexity index is 98.6. The Labute approximate surface area is 50.3 Å². The molecule has 0 unspecified atom stereocenters. The molecular formula is C7H13N. The highest BCUT2D eigenvalue weighted by molar-refractivity contribution is 4.91. The average Bonchev–Trinajstić information content (AvgIpc) is 2.23. The molecule has 0 aliphatic heterocycles. The average molecular weight is 111 g/mol. The largest absolute Gasteiger partial charge is 0.327 e. The Morgan fingerprint density at radius 3 is 2.25 bits per heavy atom. The van der Waals surface area contributed by atoms with Gasteiger partial charge in [-0.3, -0.25) is 0 Å². The molecule has 2 aliphatic carbocycles. The van der Waals surface area contributed by atoms with Gasteiger partial charge in [0.05, 0.1) is 0 Å². The van der Waals surface area contributed by atoms with E-state index in [1.165, 1.54) is 25.7 Å². The van der Waals surface area contributed by atoms with Crippen LogP contribution in [0.25, 0.3) is 0 Å². The maximum absolute atomic E-state index is 5.82. The molecule has 2 aliphatic rings. The molecule has 2 bridgehead atoms. The van der Waals surface area contributed by atoms with E-state index in [2.05, 4.69) is 0 Å². The molecule has 0 spiro atoms. The first-order chi connectivity index (χ1) is 3.86. The molecule has 2 N–H and O–H groups in total. The van der Waals surface area contributed by atoms with Crippen LogP contribution in [-0.2, 0) is 0 Å². The normalized spacial score (nSPS) is 52.9. The van der Waals surface area contributed by atoms with Gasteiger partial charge in [-0.15, -0.1) is 0 Å². The highest BCUT2D eigenvalue weighted by Gasteiger charge is 2.36. The highest BCUT2D eigenvalue weighted by atomic mass is 14.7. The van der Waals surface area contributed by atoms with Crippen molar-refractivity contribution in [2.24, 2.45) is 17.6 Å². The van der Waals surface area contributed by atoms with E-state index in [0.717, 1.165) is 11.8 Å². The number of hydrogen-bond donors (Lipinski definition) is 1. The predicted octanol–water partition coefficient (Wildman–Crippen LogP) is 1.13. The number of rotatable bonds is 0. The third kappa shape index (κ3) is 0.510. The summed E-state index contributed by atoms with van der Waals surface area (Å²) in [4.78, 5) is 0. The Hall–Kier alpha value is -0.0400. The minimum absolute atomic E-state index is 0.578. The molecule has 0 amide bonds. The van der Waals surface area contributed by atoms with Gasteiger partial charge < -0.3 is 5.73 Å². The zero-order valence-electron chi connectivity index (χ0n) is 5.14. The molecule has 2 fully saturated rings. The second-order valence-electron chi connectivity index (χ2n) is 3.34. The van der Waals surface area contributed by atoms with Gasteiger partial charge >= 0.3 is 0 Å². The van der Waals surface area contributed by atoms with Crippen molar-refractivity contribution >= 4 is 0 Å². The molecule has 8 heavy (non-hydrogen) atoms. The number of hydrogen-bond acceptors (Lipinski definition) is 1. The van der Waals surface area contributed by atoms with Crippen molar-refractivity contribution in [3.8, 4) is 0 Å². The third-order valence-corrected chi connectivity index (χ3v) is 2.79. The molecule has 0 saturated heterocycles. The van der Waals surface area contributed by atoms with E-state index in [-0.39, 0.29) is 0 Å². The molecule has 3 atom stereocenters. The van der Waals surface area contributed by atoms with Gasteiger partial charge in [0.15, 0.2) is 0 Å². The maximum Gasteiger partial charge on any atom is 0.00699 e. The van der Waals surface area contributed by atoms with Crippen LogP contribution in [0.1, 0.15) is 25.7 Å². The zero-order chi connectivity index (χ0) is 5.56. The first-order valence-corrected chi connectivity index (χ1v) is 3.62. The first kappa shape index (κ1) is 4.80. The van der Waals surface area contributed by atoms with Gasteiger partial charge in [0, 0.05) is 6.04 Å². The Kier molecular flexibility index (Phi) is 0.884. The van der Waals surface area contributed by atoms with Gasteiger partial charge in [-0.1, -0.05) is 6.42 Å². The van der Waals surface area contributed by atoms with E-state index < -0.39 is 0 Å². The van der Waals surface area contributed by atoms with Crippen LogP contribution in [-0.4, -0.2) is 6.04 Å². The molecule has 46 valence electrons. The molecule has 0 aromatic heterocycles. The topological polar surface area (TPSA) is 26.0 Å². The lowest BCUT2D eigenvalue weighted by Crippen LogP contribution is -2.26. The molecule has 0 radical (unpaired) electrons. The molecule has 2 rings (SSSR count). The molecule has 0 aromatic rings. The summed E-state index contributed by atoms with van der Waals surface area (Å²) >= 11 is 0. The van der Waals surface area contributed by atoms with Gasteiger partial charge in [-0.2, -0.15) is 0 Å². The SMILES string of the molecule is N[C@H]1C[C@@H]2CC[C@@H]1C2. The van der Waals surface area contributed by atoms with Crippen LogP contribution in [0.5, 0.6) is 0 Å². The Morgan fingerprint density at radius 1 is 1.12 bits per heavy atom. The summed E-state index contributed by atoms with van der Waals surface area (Å²) in [5, 5.41) is 0. The molecule has 1 nitrogen and oxygen atoms in total. The molecule has 1 heteroatoms. The fourth-order valence-electron chi connectivity index (χ4n) is 2.29. The van der Waals surface area contributed by atoms with E-state index in [9.17, 15) is 0 Å². The van der Waals surface area contributed by atoms with Crippen LogP contribution < -0.4 is 5.73 Å². The van der Waals surface area contributed by atoms with Gasteiger partial charge in [-0.25, -0.2) is 0 Å². The van der Waals surface area contributed by atoms with Crippen molar-refractivity contribution in [1.29, 1.82) is 0 Å². The van der Waals surface area contributed by atoms with Crippen LogP contribution in [0.3, 0.4) is 0 Å². The van der Waals surface area contributed by atoms with Crippen LogP contribution in [0.4, 0.5) is 0 Å². The summed E-state index contributed by atoms with van der Waals surface area (Å²) < 4.78 is 0. The van der Waals surface area contributed by atoms with E-state index in [1.54, 1.807) is 0 Å². The fourth-order valence-corrected chi connectivity index (χ4v) is 2.29. The summed E-state index contributed by atoms with van der Waals surface area (Å²) in [5.74, 6) is 1.94. The monoisotopic (exact) mass is 111 g/mol. The van der Waals surface area contributed by atoms with Gasteiger partial charge in [-0.05, 0) is 31.1 Å². The van der Waals surface area contributed by atoms with Crippen molar-refractivity contribution in [2.75, 3.05) is 0 Å². The van der Waals surface area contributed by atoms with E-state index >= 15 is 0 Å². The van der Waals surface area contributed by atoms with Crippen LogP contribution in [0, 0.1) is 11.8 Å². The van der Waals surface area contributed by atoms with Crippen molar-refractivity contribution in [1.82, 2.24) is 0 Å². The van der Waals surface area contributed by atoms with Crippen molar-refractivity contribution in [3.05, 3.63) is 0 Å². The quantitative estimate of drug-likeness (QED) is 0.498. The molecule has 2 saturated carbocycles. The highest BCUT2D eigenvalue weighted by Crippen LogP contribution is 2.43. The van der Waals surface area contributed by atoms with Crippen LogP contribution in [0.2, 0.25) is 0 Å². The van der Waals surface area contributed by atoms with Gasteiger partial charge in [0.25, 0.3) is 0 Å². The first-order valence-electron chi connectivity index (χ1n) is 3.62. The Balaban J connectivity index is 2.11. The molecular weight excluding hydrogens is 98.1 g/mol. The third-order valence-electron chi connectivity index (χ3n) is 2.79. The van der Waals surface area contributed by atoms with E-state index in [1.807, 2.05) is 0 Å². The van der Waals surface area contributed by atoms with Crippen LogP contribution in [0.15, 0.2) is 0 Å². The smallest absolute Gasteiger partial charge is 0.00699 e. The van der Waals surface area contributed by atoms with Gasteiger partial charge in [0.2, 0.25) is 0 Å². The summed E-state index contributed by atoms with van der Waals surface area (Å²) in [6.07, 6.45) is 5.66. The zero-order valence-corrected chi connectivity index (χ0v) is 5.14. The van der Waals surface area contributed by atoms with Crippen molar-refractivity contribution < 1.29 is 0 Å². The fraction of sp³-hybridized carbons (Fsp3) is 1.00. The Morgan fingerprint density at radius 2 is 2.00 bits per heavy atom. The number of nitrogens with two attached hydrogens (primary N) is 1. The summed E-state index contributed by atoms with van der Waals surface area (Å²) in [6.45, 7) is 0. The van der Waals surface area contributed by atoms with E-state index in [4.69, 9.17) is 5.73 Å². The lowest BCUT2D eigenvalue weighted by molar-refractivity contribution is 0.418. The second-order valence-corrected chi connectivity index (χ2v) is 3.34.